The maximum absolute atomic E-state index is 13.7. The highest BCUT2D eigenvalue weighted by atomic mass is 19.1. The van der Waals surface area contributed by atoms with E-state index in [4.69, 9.17) is 4.74 Å². The Balaban J connectivity index is 1.96. The third kappa shape index (κ3) is 3.57. The minimum Gasteiger partial charge on any atom is -0.496 e. The molecule has 1 atom stereocenters. The monoisotopic (exact) mass is 328 g/mol. The van der Waals surface area contributed by atoms with Crippen molar-refractivity contribution in [2.75, 3.05) is 26.7 Å². The Labute approximate surface area is 141 Å². The van der Waals surface area contributed by atoms with Crippen molar-refractivity contribution in [2.24, 2.45) is 5.92 Å². The summed E-state index contributed by atoms with van der Waals surface area (Å²) in [7, 11) is 1.57. The molecule has 1 aliphatic heterocycles. The van der Waals surface area contributed by atoms with Gasteiger partial charge in [0.05, 0.1) is 13.0 Å². The van der Waals surface area contributed by atoms with Crippen LogP contribution in [0.15, 0.2) is 42.5 Å². The summed E-state index contributed by atoms with van der Waals surface area (Å²) in [5, 5.41) is 6.19. The first kappa shape index (κ1) is 16.5. The van der Waals surface area contributed by atoms with E-state index >= 15 is 0 Å². The normalized spacial score (nSPS) is 17.9. The quantitative estimate of drug-likeness (QED) is 0.906. The van der Waals surface area contributed by atoms with Crippen molar-refractivity contribution < 1.29 is 13.9 Å². The van der Waals surface area contributed by atoms with Crippen molar-refractivity contribution in [1.82, 2.24) is 10.6 Å². The van der Waals surface area contributed by atoms with Gasteiger partial charge in [0.2, 0.25) is 5.91 Å². The van der Waals surface area contributed by atoms with Crippen LogP contribution in [0.1, 0.15) is 5.56 Å². The predicted molar refractivity (Wildman–Crippen MR) is 91.5 cm³/mol. The van der Waals surface area contributed by atoms with Crippen LogP contribution >= 0.6 is 0 Å². The Morgan fingerprint density at radius 3 is 2.83 bits per heavy atom. The maximum atomic E-state index is 13.7. The molecule has 0 saturated carbocycles. The number of benzene rings is 2. The van der Waals surface area contributed by atoms with E-state index in [2.05, 4.69) is 10.6 Å². The molecule has 0 aromatic heterocycles. The SMILES string of the molecule is COc1ccc(F)cc1-c1ccccc1C[C@H]1CNCCNC1=O. The van der Waals surface area contributed by atoms with Crippen molar-refractivity contribution in [3.8, 4) is 16.9 Å². The van der Waals surface area contributed by atoms with Crippen LogP contribution < -0.4 is 15.4 Å². The summed E-state index contributed by atoms with van der Waals surface area (Å²) in [6.07, 6.45) is 0.592. The molecule has 0 unspecified atom stereocenters. The molecule has 0 bridgehead atoms. The van der Waals surface area contributed by atoms with E-state index in [-0.39, 0.29) is 17.6 Å². The van der Waals surface area contributed by atoms with Crippen molar-refractivity contribution in [3.63, 3.8) is 0 Å². The molecule has 1 saturated heterocycles. The molecule has 126 valence electrons. The van der Waals surface area contributed by atoms with Crippen LogP contribution in [0.2, 0.25) is 0 Å². The largest absolute Gasteiger partial charge is 0.496 e. The average molecular weight is 328 g/mol. The highest BCUT2D eigenvalue weighted by molar-refractivity contribution is 5.80. The first-order valence-electron chi connectivity index (χ1n) is 8.09. The molecule has 1 fully saturated rings. The number of hydrogen-bond donors (Lipinski definition) is 2. The zero-order valence-electron chi connectivity index (χ0n) is 13.6. The van der Waals surface area contributed by atoms with Crippen LogP contribution in [0.25, 0.3) is 11.1 Å². The van der Waals surface area contributed by atoms with E-state index < -0.39 is 0 Å². The number of halogens is 1. The molecule has 24 heavy (non-hydrogen) atoms. The highest BCUT2D eigenvalue weighted by Crippen LogP contribution is 2.34. The fourth-order valence-corrected chi connectivity index (χ4v) is 3.07. The number of nitrogens with one attached hydrogen (secondary N) is 2. The molecule has 0 radical (unpaired) electrons. The number of carbonyl (C=O) groups is 1. The lowest BCUT2D eigenvalue weighted by atomic mass is 9.91. The fourth-order valence-electron chi connectivity index (χ4n) is 3.07. The summed E-state index contributed by atoms with van der Waals surface area (Å²) >= 11 is 0. The van der Waals surface area contributed by atoms with Gasteiger partial charge in [-0.05, 0) is 35.7 Å². The lowest BCUT2D eigenvalue weighted by Crippen LogP contribution is -2.32. The van der Waals surface area contributed by atoms with E-state index in [1.165, 1.54) is 12.1 Å². The van der Waals surface area contributed by atoms with Crippen LogP contribution in [-0.2, 0) is 11.2 Å². The van der Waals surface area contributed by atoms with Gasteiger partial charge in [-0.25, -0.2) is 4.39 Å². The van der Waals surface area contributed by atoms with E-state index in [0.717, 1.165) is 17.7 Å². The molecule has 0 spiro atoms. The van der Waals surface area contributed by atoms with Gasteiger partial charge in [-0.15, -0.1) is 0 Å². The summed E-state index contributed by atoms with van der Waals surface area (Å²) in [5.41, 5.74) is 2.60. The van der Waals surface area contributed by atoms with Gasteiger partial charge >= 0.3 is 0 Å². The average Bonchev–Trinajstić information content (AvgIpc) is 2.80. The van der Waals surface area contributed by atoms with Crippen molar-refractivity contribution >= 4 is 5.91 Å². The van der Waals surface area contributed by atoms with Crippen LogP contribution in [0.3, 0.4) is 0 Å². The van der Waals surface area contributed by atoms with E-state index in [1.54, 1.807) is 13.2 Å². The summed E-state index contributed by atoms with van der Waals surface area (Å²) in [4.78, 5) is 12.2. The van der Waals surface area contributed by atoms with E-state index in [0.29, 0.717) is 30.8 Å². The molecule has 2 aromatic rings. The molecule has 2 aromatic carbocycles. The Hall–Kier alpha value is -2.40. The van der Waals surface area contributed by atoms with Gasteiger partial charge in [0, 0.05) is 25.2 Å². The summed E-state index contributed by atoms with van der Waals surface area (Å²) in [5.74, 6) is 0.219. The van der Waals surface area contributed by atoms with Crippen LogP contribution in [0.4, 0.5) is 4.39 Å². The summed E-state index contributed by atoms with van der Waals surface area (Å²) in [6, 6.07) is 12.3. The fraction of sp³-hybridized carbons (Fsp3) is 0.316. The Morgan fingerprint density at radius 2 is 2.00 bits per heavy atom. The van der Waals surface area contributed by atoms with Gasteiger partial charge in [-0.2, -0.15) is 0 Å². The molecule has 5 heteroatoms. The lowest BCUT2D eigenvalue weighted by Gasteiger charge is -2.17. The van der Waals surface area contributed by atoms with Crippen molar-refractivity contribution in [1.29, 1.82) is 0 Å². The van der Waals surface area contributed by atoms with Gasteiger partial charge in [0.1, 0.15) is 11.6 Å². The number of hydrogen-bond acceptors (Lipinski definition) is 3. The molecule has 4 nitrogen and oxygen atoms in total. The minimum atomic E-state index is -0.311. The van der Waals surface area contributed by atoms with Gasteiger partial charge < -0.3 is 15.4 Å². The molecule has 0 aliphatic carbocycles. The Morgan fingerprint density at radius 1 is 1.17 bits per heavy atom. The zero-order valence-corrected chi connectivity index (χ0v) is 13.6. The number of methoxy groups -OCH3 is 1. The van der Waals surface area contributed by atoms with Crippen molar-refractivity contribution in [3.05, 3.63) is 53.8 Å². The maximum Gasteiger partial charge on any atom is 0.224 e. The number of amides is 1. The standard InChI is InChI=1S/C19H21FN2O2/c1-24-18-7-6-15(20)11-17(18)16-5-3-2-4-13(16)10-14-12-21-8-9-22-19(14)23/h2-7,11,14,21H,8-10,12H2,1H3,(H,22,23)/t14-/m0/s1. The molecular weight excluding hydrogens is 307 g/mol. The van der Waals surface area contributed by atoms with Gasteiger partial charge in [0.25, 0.3) is 0 Å². The first-order chi connectivity index (χ1) is 11.7. The van der Waals surface area contributed by atoms with Crippen LogP contribution in [0.5, 0.6) is 5.75 Å². The topological polar surface area (TPSA) is 50.4 Å². The van der Waals surface area contributed by atoms with E-state index in [9.17, 15) is 9.18 Å². The van der Waals surface area contributed by atoms with Gasteiger partial charge in [0.15, 0.2) is 0 Å². The molecule has 1 amide bonds. The first-order valence-corrected chi connectivity index (χ1v) is 8.09. The number of carbonyl (C=O) groups excluding carboxylic acids is 1. The number of ether oxygens (including phenoxy) is 1. The minimum absolute atomic E-state index is 0.0565. The molecule has 1 aliphatic rings. The molecular formula is C19H21FN2O2. The smallest absolute Gasteiger partial charge is 0.224 e. The molecule has 3 rings (SSSR count). The van der Waals surface area contributed by atoms with E-state index in [1.807, 2.05) is 24.3 Å². The van der Waals surface area contributed by atoms with Gasteiger partial charge in [-0.3, -0.25) is 4.79 Å². The zero-order chi connectivity index (χ0) is 16.9. The molecule has 1 heterocycles. The second-order valence-electron chi connectivity index (χ2n) is 5.90. The van der Waals surface area contributed by atoms with Crippen molar-refractivity contribution in [2.45, 2.75) is 6.42 Å². The summed E-state index contributed by atoms with van der Waals surface area (Å²) < 4.78 is 19.1. The highest BCUT2D eigenvalue weighted by Gasteiger charge is 2.22. The summed E-state index contributed by atoms with van der Waals surface area (Å²) in [6.45, 7) is 2.07. The molecule has 2 N–H and O–H groups in total. The van der Waals surface area contributed by atoms with Crippen LogP contribution in [0, 0.1) is 11.7 Å². The second-order valence-corrected chi connectivity index (χ2v) is 5.90. The third-order valence-corrected chi connectivity index (χ3v) is 4.30. The Bertz CT molecular complexity index is 733. The van der Waals surface area contributed by atoms with Gasteiger partial charge in [-0.1, -0.05) is 24.3 Å². The van der Waals surface area contributed by atoms with Crippen LogP contribution in [-0.4, -0.2) is 32.7 Å². The predicted octanol–water partition coefficient (Wildman–Crippen LogP) is 2.38. The lowest BCUT2D eigenvalue weighted by molar-refractivity contribution is -0.124. The Kier molecular flexibility index (Phi) is 5.11. The third-order valence-electron chi connectivity index (χ3n) is 4.30. The number of rotatable bonds is 4. The second kappa shape index (κ2) is 7.45.